The van der Waals surface area contributed by atoms with E-state index in [9.17, 15) is 13.2 Å². The average Bonchev–Trinajstić information content (AvgIpc) is 2.00. The third kappa shape index (κ3) is 3.46. The standard InChI is InChI=1S/C9H16F3NO/c1-2-8(4-3-5-8)13-6-7-14-9(10,11)12/h13H,2-7H2,1H3. The molecule has 84 valence electrons. The van der Waals surface area contributed by atoms with E-state index in [2.05, 4.69) is 17.0 Å². The van der Waals surface area contributed by atoms with E-state index in [1.54, 1.807) is 0 Å². The minimum atomic E-state index is -4.50. The first-order chi connectivity index (χ1) is 6.47. The summed E-state index contributed by atoms with van der Waals surface area (Å²) < 4.78 is 38.5. The Bertz CT molecular complexity index is 172. The van der Waals surface area contributed by atoms with Crippen LogP contribution in [0.4, 0.5) is 13.2 Å². The molecule has 0 radical (unpaired) electrons. The minimum absolute atomic E-state index is 0.0922. The van der Waals surface area contributed by atoms with Crippen LogP contribution in [-0.4, -0.2) is 25.1 Å². The highest BCUT2D eigenvalue weighted by Crippen LogP contribution is 2.34. The van der Waals surface area contributed by atoms with Crippen LogP contribution in [0.5, 0.6) is 0 Å². The summed E-state index contributed by atoms with van der Waals surface area (Å²) in [7, 11) is 0. The van der Waals surface area contributed by atoms with Gasteiger partial charge in [-0.2, -0.15) is 0 Å². The lowest BCUT2D eigenvalue weighted by molar-refractivity contribution is -0.323. The quantitative estimate of drug-likeness (QED) is 0.705. The minimum Gasteiger partial charge on any atom is -0.309 e. The Morgan fingerprint density at radius 2 is 2.00 bits per heavy atom. The molecule has 5 heteroatoms. The van der Waals surface area contributed by atoms with Gasteiger partial charge in [-0.15, -0.1) is 13.2 Å². The second kappa shape index (κ2) is 4.49. The van der Waals surface area contributed by atoms with Crippen molar-refractivity contribution in [3.05, 3.63) is 0 Å². The molecule has 0 saturated heterocycles. The van der Waals surface area contributed by atoms with E-state index in [0.29, 0.717) is 0 Å². The Morgan fingerprint density at radius 1 is 1.36 bits per heavy atom. The smallest absolute Gasteiger partial charge is 0.309 e. The van der Waals surface area contributed by atoms with Gasteiger partial charge in [0.15, 0.2) is 0 Å². The van der Waals surface area contributed by atoms with Crippen molar-refractivity contribution in [2.45, 2.75) is 44.5 Å². The molecule has 0 spiro atoms. The van der Waals surface area contributed by atoms with Crippen molar-refractivity contribution in [1.82, 2.24) is 5.32 Å². The van der Waals surface area contributed by atoms with E-state index in [1.165, 1.54) is 6.42 Å². The highest BCUT2D eigenvalue weighted by Gasteiger charge is 2.34. The summed E-state index contributed by atoms with van der Waals surface area (Å²) in [5.74, 6) is 0. The summed E-state index contributed by atoms with van der Waals surface area (Å²) in [5.41, 5.74) is 0.0922. The normalized spacial score (nSPS) is 20.6. The number of rotatable bonds is 5. The van der Waals surface area contributed by atoms with Crippen molar-refractivity contribution in [2.24, 2.45) is 0 Å². The molecular weight excluding hydrogens is 195 g/mol. The predicted octanol–water partition coefficient (Wildman–Crippen LogP) is 2.45. The fourth-order valence-electron chi connectivity index (χ4n) is 1.74. The Hall–Kier alpha value is -0.290. The van der Waals surface area contributed by atoms with E-state index in [-0.39, 0.29) is 18.7 Å². The average molecular weight is 211 g/mol. The number of hydrogen-bond acceptors (Lipinski definition) is 2. The van der Waals surface area contributed by atoms with E-state index >= 15 is 0 Å². The van der Waals surface area contributed by atoms with Crippen LogP contribution in [-0.2, 0) is 4.74 Å². The predicted molar refractivity (Wildman–Crippen MR) is 46.9 cm³/mol. The molecule has 0 atom stereocenters. The third-order valence-electron chi connectivity index (χ3n) is 2.86. The maximum atomic E-state index is 11.6. The molecule has 2 nitrogen and oxygen atoms in total. The van der Waals surface area contributed by atoms with Gasteiger partial charge in [-0.05, 0) is 25.7 Å². The lowest BCUT2D eigenvalue weighted by Gasteiger charge is -2.42. The molecule has 0 bridgehead atoms. The van der Waals surface area contributed by atoms with Gasteiger partial charge in [0.25, 0.3) is 0 Å². The summed E-state index contributed by atoms with van der Waals surface area (Å²) in [6.07, 6.45) is -0.230. The van der Waals surface area contributed by atoms with Crippen molar-refractivity contribution in [1.29, 1.82) is 0 Å². The molecule has 0 aromatic heterocycles. The van der Waals surface area contributed by atoms with Gasteiger partial charge in [-0.25, -0.2) is 0 Å². The van der Waals surface area contributed by atoms with Crippen LogP contribution in [0.2, 0.25) is 0 Å². The molecule has 1 aliphatic rings. The van der Waals surface area contributed by atoms with E-state index in [4.69, 9.17) is 0 Å². The third-order valence-corrected chi connectivity index (χ3v) is 2.86. The molecule has 1 saturated carbocycles. The maximum absolute atomic E-state index is 11.6. The van der Waals surface area contributed by atoms with Crippen molar-refractivity contribution in [2.75, 3.05) is 13.2 Å². The first-order valence-corrected chi connectivity index (χ1v) is 4.93. The van der Waals surface area contributed by atoms with Crippen molar-refractivity contribution in [3.63, 3.8) is 0 Å². The van der Waals surface area contributed by atoms with Crippen LogP contribution in [0.15, 0.2) is 0 Å². The van der Waals surface area contributed by atoms with Crippen LogP contribution >= 0.6 is 0 Å². The van der Waals surface area contributed by atoms with Crippen LogP contribution < -0.4 is 5.32 Å². The molecule has 0 amide bonds. The molecule has 1 rings (SSSR count). The number of ether oxygens (including phenoxy) is 1. The molecule has 14 heavy (non-hydrogen) atoms. The van der Waals surface area contributed by atoms with Crippen molar-refractivity contribution < 1.29 is 17.9 Å². The summed E-state index contributed by atoms with van der Waals surface area (Å²) in [6.45, 7) is 2.02. The Balaban J connectivity index is 2.09. The SMILES string of the molecule is CCC1(NCCOC(F)(F)F)CCC1. The topological polar surface area (TPSA) is 21.3 Å². The molecule has 0 aliphatic heterocycles. The summed E-state index contributed by atoms with van der Waals surface area (Å²) in [4.78, 5) is 0. The molecule has 1 N–H and O–H groups in total. The molecule has 0 aromatic rings. The van der Waals surface area contributed by atoms with Crippen molar-refractivity contribution in [3.8, 4) is 0 Å². The van der Waals surface area contributed by atoms with Gasteiger partial charge in [0.05, 0.1) is 6.61 Å². The van der Waals surface area contributed by atoms with Crippen LogP contribution in [0, 0.1) is 0 Å². The largest absolute Gasteiger partial charge is 0.522 e. The lowest BCUT2D eigenvalue weighted by atomic mass is 9.75. The second-order valence-electron chi connectivity index (χ2n) is 3.71. The number of nitrogens with one attached hydrogen (secondary N) is 1. The first kappa shape index (κ1) is 11.8. The molecule has 0 unspecified atom stereocenters. The maximum Gasteiger partial charge on any atom is 0.522 e. The van der Waals surface area contributed by atoms with E-state index < -0.39 is 6.36 Å². The Kier molecular flexibility index (Phi) is 3.78. The lowest BCUT2D eigenvalue weighted by Crippen LogP contribution is -2.51. The van der Waals surface area contributed by atoms with Gasteiger partial charge in [0.2, 0.25) is 0 Å². The molecule has 1 fully saturated rings. The summed E-state index contributed by atoms with van der Waals surface area (Å²) in [5, 5.41) is 3.13. The van der Waals surface area contributed by atoms with Crippen LogP contribution in [0.25, 0.3) is 0 Å². The Labute approximate surface area is 81.8 Å². The second-order valence-corrected chi connectivity index (χ2v) is 3.71. The van der Waals surface area contributed by atoms with E-state index in [1.807, 2.05) is 0 Å². The fourth-order valence-corrected chi connectivity index (χ4v) is 1.74. The monoisotopic (exact) mass is 211 g/mol. The fraction of sp³-hybridized carbons (Fsp3) is 1.00. The zero-order chi connectivity index (χ0) is 10.7. The van der Waals surface area contributed by atoms with Gasteiger partial charge < -0.3 is 5.32 Å². The summed E-state index contributed by atoms with van der Waals surface area (Å²) >= 11 is 0. The zero-order valence-electron chi connectivity index (χ0n) is 8.28. The number of alkyl halides is 3. The molecule has 0 aromatic carbocycles. The van der Waals surface area contributed by atoms with Gasteiger partial charge >= 0.3 is 6.36 Å². The van der Waals surface area contributed by atoms with Gasteiger partial charge in [0.1, 0.15) is 0 Å². The van der Waals surface area contributed by atoms with Gasteiger partial charge in [-0.3, -0.25) is 4.74 Å². The highest BCUT2D eigenvalue weighted by atomic mass is 19.4. The number of hydrogen-bond donors (Lipinski definition) is 1. The number of halogens is 3. The molecule has 1 aliphatic carbocycles. The van der Waals surface area contributed by atoms with Crippen LogP contribution in [0.1, 0.15) is 32.6 Å². The molecular formula is C9H16F3NO. The Morgan fingerprint density at radius 3 is 2.36 bits per heavy atom. The van der Waals surface area contributed by atoms with E-state index in [0.717, 1.165) is 19.3 Å². The molecule has 0 heterocycles. The van der Waals surface area contributed by atoms with Gasteiger partial charge in [0, 0.05) is 12.1 Å². The zero-order valence-corrected chi connectivity index (χ0v) is 8.28. The van der Waals surface area contributed by atoms with Gasteiger partial charge in [-0.1, -0.05) is 6.92 Å². The van der Waals surface area contributed by atoms with Crippen molar-refractivity contribution >= 4 is 0 Å². The first-order valence-electron chi connectivity index (χ1n) is 4.93. The highest BCUT2D eigenvalue weighted by molar-refractivity contribution is 4.94. The van der Waals surface area contributed by atoms with Crippen LogP contribution in [0.3, 0.4) is 0 Å². The summed E-state index contributed by atoms with van der Waals surface area (Å²) in [6, 6.07) is 0.